The normalized spacial score (nSPS) is 10.8. The number of aromatic nitrogens is 4. The number of halogens is 1. The number of hydrogen-bond acceptors (Lipinski definition) is 5. The minimum atomic E-state index is -0.234. The third-order valence-corrected chi connectivity index (χ3v) is 5.58. The van der Waals surface area contributed by atoms with E-state index in [1.54, 1.807) is 16.7 Å². The molecule has 4 rings (SSSR count). The molecule has 0 atom stereocenters. The van der Waals surface area contributed by atoms with Crippen molar-refractivity contribution in [2.45, 2.75) is 13.5 Å². The Hall–Kier alpha value is -2.81. The number of aryl methyl sites for hydroxylation is 1. The lowest BCUT2D eigenvalue weighted by molar-refractivity contribution is -0.116. The zero-order valence-electron chi connectivity index (χ0n) is 15.3. The van der Waals surface area contributed by atoms with Crippen LogP contribution in [0.25, 0.3) is 22.6 Å². The summed E-state index contributed by atoms with van der Waals surface area (Å²) >= 11 is 12.6. The van der Waals surface area contributed by atoms with E-state index < -0.39 is 0 Å². The molecule has 2 N–H and O–H groups in total. The molecule has 2 heterocycles. The standard InChI is InChI=1S/C20H16ClN5OS2/c1-12-2-4-13(5-3-12)16-11-29-19(22-16)23-17(27)10-26-18(24-25-20(26)28)14-6-8-15(21)9-7-14/h2-9,11H,10H2,1H3,(H,25,28)(H,22,23,27). The average Bonchev–Trinajstić information content (AvgIpc) is 3.31. The van der Waals surface area contributed by atoms with E-state index in [1.165, 1.54) is 16.9 Å². The first-order valence-electron chi connectivity index (χ1n) is 8.73. The number of benzene rings is 2. The third kappa shape index (κ3) is 4.45. The van der Waals surface area contributed by atoms with Crippen LogP contribution in [0.1, 0.15) is 5.56 Å². The second-order valence-corrected chi connectivity index (χ2v) is 8.08. The Labute approximate surface area is 181 Å². The first kappa shape index (κ1) is 19.5. The van der Waals surface area contributed by atoms with E-state index in [2.05, 4.69) is 20.5 Å². The quantitative estimate of drug-likeness (QED) is 0.410. The molecule has 0 fully saturated rings. The Kier molecular flexibility index (Phi) is 5.57. The van der Waals surface area contributed by atoms with E-state index in [-0.39, 0.29) is 12.5 Å². The van der Waals surface area contributed by atoms with Crippen LogP contribution < -0.4 is 5.32 Å². The Morgan fingerprint density at radius 2 is 1.86 bits per heavy atom. The molecular formula is C20H16ClN5OS2. The van der Waals surface area contributed by atoms with Gasteiger partial charge in [0.2, 0.25) is 5.91 Å². The number of rotatable bonds is 5. The van der Waals surface area contributed by atoms with Crippen molar-refractivity contribution in [1.82, 2.24) is 19.7 Å². The topological polar surface area (TPSA) is 75.6 Å². The molecule has 2 aromatic carbocycles. The first-order valence-corrected chi connectivity index (χ1v) is 10.4. The number of carbonyl (C=O) groups is 1. The van der Waals surface area contributed by atoms with Crippen LogP contribution in [0.2, 0.25) is 5.02 Å². The predicted octanol–water partition coefficient (Wildman–Crippen LogP) is 5.33. The number of thiazole rings is 1. The van der Waals surface area contributed by atoms with Crippen molar-refractivity contribution in [3.63, 3.8) is 0 Å². The summed E-state index contributed by atoms with van der Waals surface area (Å²) in [6.45, 7) is 2.06. The van der Waals surface area contributed by atoms with Crippen LogP contribution in [0.4, 0.5) is 5.13 Å². The molecule has 0 bridgehead atoms. The smallest absolute Gasteiger partial charge is 0.246 e. The lowest BCUT2D eigenvalue weighted by atomic mass is 10.1. The van der Waals surface area contributed by atoms with Gasteiger partial charge in [-0.15, -0.1) is 11.3 Å². The van der Waals surface area contributed by atoms with Crippen LogP contribution in [-0.2, 0) is 11.3 Å². The van der Waals surface area contributed by atoms with Gasteiger partial charge in [0.1, 0.15) is 6.54 Å². The van der Waals surface area contributed by atoms with Gasteiger partial charge >= 0.3 is 0 Å². The van der Waals surface area contributed by atoms with Gasteiger partial charge in [-0.2, -0.15) is 5.10 Å². The van der Waals surface area contributed by atoms with Crippen molar-refractivity contribution in [2.75, 3.05) is 5.32 Å². The van der Waals surface area contributed by atoms with E-state index in [9.17, 15) is 4.79 Å². The summed E-state index contributed by atoms with van der Waals surface area (Å²) in [4.78, 5) is 17.1. The lowest BCUT2D eigenvalue weighted by Gasteiger charge is -2.07. The van der Waals surface area contributed by atoms with Crippen molar-refractivity contribution in [2.24, 2.45) is 0 Å². The molecule has 0 saturated heterocycles. The minimum Gasteiger partial charge on any atom is -0.300 e. The predicted molar refractivity (Wildman–Crippen MR) is 119 cm³/mol. The van der Waals surface area contributed by atoms with Gasteiger partial charge in [-0.3, -0.25) is 14.5 Å². The maximum atomic E-state index is 12.6. The molecule has 0 aliphatic heterocycles. The molecule has 4 aromatic rings. The van der Waals surface area contributed by atoms with E-state index in [4.69, 9.17) is 23.8 Å². The van der Waals surface area contributed by atoms with Gasteiger partial charge in [0.05, 0.1) is 5.69 Å². The number of aromatic amines is 1. The molecule has 1 amide bonds. The van der Waals surface area contributed by atoms with E-state index in [1.807, 2.05) is 48.7 Å². The highest BCUT2D eigenvalue weighted by Crippen LogP contribution is 2.25. The number of H-pyrrole nitrogens is 1. The summed E-state index contributed by atoms with van der Waals surface area (Å²) in [6, 6.07) is 15.3. The number of anilines is 1. The zero-order chi connectivity index (χ0) is 20.4. The highest BCUT2D eigenvalue weighted by Gasteiger charge is 2.14. The van der Waals surface area contributed by atoms with Crippen molar-refractivity contribution in [1.29, 1.82) is 0 Å². The first-order chi connectivity index (χ1) is 14.0. The molecule has 0 spiro atoms. The van der Waals surface area contributed by atoms with Crippen LogP contribution in [-0.4, -0.2) is 25.7 Å². The second-order valence-electron chi connectivity index (χ2n) is 6.40. The molecule has 9 heteroatoms. The fourth-order valence-electron chi connectivity index (χ4n) is 2.77. The lowest BCUT2D eigenvalue weighted by Crippen LogP contribution is -2.19. The van der Waals surface area contributed by atoms with Gasteiger partial charge in [0.15, 0.2) is 15.7 Å². The van der Waals surface area contributed by atoms with Crippen molar-refractivity contribution in [3.05, 3.63) is 69.3 Å². The van der Waals surface area contributed by atoms with Gasteiger partial charge in [-0.05, 0) is 43.4 Å². The molecule has 29 heavy (non-hydrogen) atoms. The maximum absolute atomic E-state index is 12.6. The molecule has 0 unspecified atom stereocenters. The van der Waals surface area contributed by atoms with E-state index in [0.29, 0.717) is 20.7 Å². The number of nitrogens with one attached hydrogen (secondary N) is 2. The zero-order valence-corrected chi connectivity index (χ0v) is 17.7. The Morgan fingerprint density at radius 3 is 2.59 bits per heavy atom. The summed E-state index contributed by atoms with van der Waals surface area (Å²) in [6.07, 6.45) is 0. The van der Waals surface area contributed by atoms with Crippen molar-refractivity contribution in [3.8, 4) is 22.6 Å². The molecule has 2 aromatic heterocycles. The fraction of sp³-hybridized carbons (Fsp3) is 0.100. The average molecular weight is 442 g/mol. The number of nitrogens with zero attached hydrogens (tertiary/aromatic N) is 3. The highest BCUT2D eigenvalue weighted by molar-refractivity contribution is 7.71. The Balaban J connectivity index is 1.50. The summed E-state index contributed by atoms with van der Waals surface area (Å²) in [5.74, 6) is 0.337. The molecule has 6 nitrogen and oxygen atoms in total. The summed E-state index contributed by atoms with van der Waals surface area (Å²) in [5.41, 5.74) is 3.83. The van der Waals surface area contributed by atoms with Crippen LogP contribution in [0.5, 0.6) is 0 Å². The largest absolute Gasteiger partial charge is 0.300 e. The van der Waals surface area contributed by atoms with Gasteiger partial charge in [-0.1, -0.05) is 41.4 Å². The van der Waals surface area contributed by atoms with Crippen LogP contribution >= 0.6 is 35.2 Å². The SMILES string of the molecule is Cc1ccc(-c2csc(NC(=O)Cn3c(-c4ccc(Cl)cc4)n[nH]c3=S)n2)cc1. The van der Waals surface area contributed by atoms with Crippen molar-refractivity contribution >= 4 is 46.2 Å². The van der Waals surface area contributed by atoms with Gasteiger partial charge in [-0.25, -0.2) is 4.98 Å². The Morgan fingerprint density at radius 1 is 1.17 bits per heavy atom. The molecule has 0 aliphatic carbocycles. The summed E-state index contributed by atoms with van der Waals surface area (Å²) in [5, 5.41) is 12.9. The van der Waals surface area contributed by atoms with Gasteiger partial charge in [0, 0.05) is 21.5 Å². The molecular weight excluding hydrogens is 426 g/mol. The molecule has 0 aliphatic rings. The fourth-order valence-corrected chi connectivity index (χ4v) is 3.83. The summed E-state index contributed by atoms with van der Waals surface area (Å²) < 4.78 is 2.01. The molecule has 0 radical (unpaired) electrons. The second kappa shape index (κ2) is 8.28. The summed E-state index contributed by atoms with van der Waals surface area (Å²) in [7, 11) is 0. The molecule has 0 saturated carbocycles. The minimum absolute atomic E-state index is 0.0206. The third-order valence-electron chi connectivity index (χ3n) is 4.26. The number of amides is 1. The maximum Gasteiger partial charge on any atom is 0.246 e. The number of hydrogen-bond donors (Lipinski definition) is 2. The Bertz CT molecular complexity index is 1210. The van der Waals surface area contributed by atoms with Crippen LogP contribution in [0.15, 0.2) is 53.9 Å². The van der Waals surface area contributed by atoms with E-state index in [0.717, 1.165) is 16.8 Å². The van der Waals surface area contributed by atoms with Gasteiger partial charge < -0.3 is 5.32 Å². The van der Waals surface area contributed by atoms with Crippen LogP contribution in [0.3, 0.4) is 0 Å². The van der Waals surface area contributed by atoms with Crippen LogP contribution in [0, 0.1) is 11.7 Å². The number of carbonyl (C=O) groups excluding carboxylic acids is 1. The molecule has 146 valence electrons. The monoisotopic (exact) mass is 441 g/mol. The highest BCUT2D eigenvalue weighted by atomic mass is 35.5. The van der Waals surface area contributed by atoms with Gasteiger partial charge in [0.25, 0.3) is 0 Å². The van der Waals surface area contributed by atoms with E-state index >= 15 is 0 Å². The van der Waals surface area contributed by atoms with Crippen molar-refractivity contribution < 1.29 is 4.79 Å².